The van der Waals surface area contributed by atoms with Crippen LogP contribution in [0.5, 0.6) is 0 Å². The van der Waals surface area contributed by atoms with E-state index in [0.29, 0.717) is 5.92 Å². The van der Waals surface area contributed by atoms with Crippen molar-refractivity contribution < 1.29 is 24.5 Å². The number of aromatic nitrogens is 1. The van der Waals surface area contributed by atoms with Crippen LogP contribution in [0.15, 0.2) is 30.3 Å². The van der Waals surface area contributed by atoms with Crippen LogP contribution in [-0.2, 0) is 17.6 Å². The quantitative estimate of drug-likeness (QED) is 0.430. The Morgan fingerprint density at radius 3 is 2.67 bits per heavy atom. The second-order valence-corrected chi connectivity index (χ2v) is 10.1. The maximum atomic E-state index is 13.7. The molecule has 3 aromatic rings. The monoisotopic (exact) mass is 467 g/mol. The minimum absolute atomic E-state index is 0.0586. The Balaban J connectivity index is 1.63. The Hall–Kier alpha value is -2.61. The van der Waals surface area contributed by atoms with Crippen molar-refractivity contribution in [1.29, 1.82) is 0 Å². The zero-order chi connectivity index (χ0) is 23.1. The molecule has 2 unspecified atom stereocenters. The van der Waals surface area contributed by atoms with Crippen LogP contribution in [0.1, 0.15) is 59.7 Å². The molecule has 1 saturated carbocycles. The van der Waals surface area contributed by atoms with Crippen molar-refractivity contribution in [3.8, 4) is 11.1 Å². The number of hydrogen-bond acceptors (Lipinski definition) is 5. The van der Waals surface area contributed by atoms with E-state index in [4.69, 9.17) is 10.1 Å². The minimum atomic E-state index is -1.12. The number of halogens is 1. The summed E-state index contributed by atoms with van der Waals surface area (Å²) in [5, 5.41) is 30.3. The SMILES string of the molecule is O=C(O)CC(O)CC(O)/C=C/c1c(C2CC2)nc2sc3c(c2c1-c1ccc(F)cc1)CCC3. The highest BCUT2D eigenvalue weighted by Crippen LogP contribution is 2.49. The van der Waals surface area contributed by atoms with Gasteiger partial charge >= 0.3 is 5.97 Å². The number of hydrogen-bond donors (Lipinski definition) is 3. The lowest BCUT2D eigenvalue weighted by atomic mass is 9.92. The molecule has 0 bridgehead atoms. The van der Waals surface area contributed by atoms with Gasteiger partial charge < -0.3 is 15.3 Å². The topological polar surface area (TPSA) is 90.7 Å². The molecular weight excluding hydrogens is 441 g/mol. The smallest absolute Gasteiger partial charge is 0.305 e. The van der Waals surface area contributed by atoms with Gasteiger partial charge in [0.15, 0.2) is 0 Å². The molecule has 0 spiro atoms. The van der Waals surface area contributed by atoms with E-state index in [1.807, 2.05) is 6.08 Å². The zero-order valence-electron chi connectivity index (χ0n) is 18.1. The first kappa shape index (κ1) is 22.2. The molecule has 1 fully saturated rings. The summed E-state index contributed by atoms with van der Waals surface area (Å²) in [6, 6.07) is 6.53. The van der Waals surface area contributed by atoms with E-state index in [1.165, 1.54) is 22.6 Å². The van der Waals surface area contributed by atoms with Crippen molar-refractivity contribution in [3.05, 3.63) is 57.9 Å². The van der Waals surface area contributed by atoms with Crippen LogP contribution in [0.4, 0.5) is 4.39 Å². The number of aliphatic carboxylic acids is 1. The Morgan fingerprint density at radius 1 is 1.21 bits per heavy atom. The van der Waals surface area contributed by atoms with Crippen molar-refractivity contribution in [2.75, 3.05) is 0 Å². The van der Waals surface area contributed by atoms with Gasteiger partial charge in [-0.1, -0.05) is 24.3 Å². The predicted octanol–water partition coefficient (Wildman–Crippen LogP) is 5.07. The highest BCUT2D eigenvalue weighted by molar-refractivity contribution is 7.19. The first-order valence-electron chi connectivity index (χ1n) is 11.4. The van der Waals surface area contributed by atoms with Gasteiger partial charge in [0.1, 0.15) is 10.6 Å². The van der Waals surface area contributed by atoms with Crippen LogP contribution in [0, 0.1) is 5.82 Å². The molecule has 2 aliphatic rings. The Kier molecular flexibility index (Phi) is 6.03. The van der Waals surface area contributed by atoms with E-state index >= 15 is 0 Å². The molecule has 0 amide bonds. The van der Waals surface area contributed by atoms with Crippen molar-refractivity contribution in [2.45, 2.75) is 63.1 Å². The Bertz CT molecular complexity index is 1230. The van der Waals surface area contributed by atoms with Crippen LogP contribution in [0.25, 0.3) is 27.4 Å². The molecule has 33 heavy (non-hydrogen) atoms. The van der Waals surface area contributed by atoms with Crippen LogP contribution < -0.4 is 0 Å². The average molecular weight is 468 g/mol. The second kappa shape index (κ2) is 8.97. The molecule has 0 aliphatic heterocycles. The molecule has 2 aliphatic carbocycles. The summed E-state index contributed by atoms with van der Waals surface area (Å²) in [4.78, 5) is 18.3. The number of nitrogens with zero attached hydrogens (tertiary/aromatic N) is 1. The number of carbonyl (C=O) groups is 1. The lowest BCUT2D eigenvalue weighted by Crippen LogP contribution is -2.19. The van der Waals surface area contributed by atoms with Crippen molar-refractivity contribution >= 4 is 33.6 Å². The third-order valence-electron chi connectivity index (χ3n) is 6.43. The van der Waals surface area contributed by atoms with Gasteiger partial charge in [0.25, 0.3) is 0 Å². The lowest BCUT2D eigenvalue weighted by molar-refractivity contribution is -0.139. The van der Waals surface area contributed by atoms with Crippen LogP contribution in [0.3, 0.4) is 0 Å². The third kappa shape index (κ3) is 4.58. The fourth-order valence-corrected chi connectivity index (χ4v) is 6.04. The average Bonchev–Trinajstić information content (AvgIpc) is 3.40. The van der Waals surface area contributed by atoms with Crippen molar-refractivity contribution in [1.82, 2.24) is 4.98 Å². The predicted molar refractivity (Wildman–Crippen MR) is 127 cm³/mol. The number of rotatable bonds is 8. The fourth-order valence-electron chi connectivity index (χ4n) is 4.76. The maximum Gasteiger partial charge on any atom is 0.305 e. The number of carboxylic acids is 1. The summed E-state index contributed by atoms with van der Waals surface area (Å²) in [6.07, 6.45) is 6.19. The third-order valence-corrected chi connectivity index (χ3v) is 7.61. The molecule has 1 aromatic carbocycles. The standard InChI is InChI=1S/C26H26FNO4S/c27-16-8-6-14(7-9-16)23-20(11-10-17(29)12-18(30)13-22(31)32)25(15-4-5-15)28-26-24(23)19-2-1-3-21(19)33-26/h6-11,15,17-18,29-30H,1-5,12-13H2,(H,31,32)/b11-10+. The molecule has 0 radical (unpaired) electrons. The molecule has 2 heterocycles. The van der Waals surface area contributed by atoms with Crippen LogP contribution in [-0.4, -0.2) is 38.5 Å². The summed E-state index contributed by atoms with van der Waals surface area (Å²) in [5.74, 6) is -1.03. The van der Waals surface area contributed by atoms with E-state index in [0.717, 1.165) is 64.7 Å². The minimum Gasteiger partial charge on any atom is -0.481 e. The van der Waals surface area contributed by atoms with E-state index < -0.39 is 24.6 Å². The van der Waals surface area contributed by atoms with E-state index in [9.17, 15) is 19.4 Å². The van der Waals surface area contributed by atoms with Gasteiger partial charge in [0.2, 0.25) is 0 Å². The molecule has 7 heteroatoms. The number of fused-ring (bicyclic) bond motifs is 3. The first-order valence-corrected chi connectivity index (χ1v) is 12.2. The van der Waals surface area contributed by atoms with Gasteiger partial charge in [0.05, 0.1) is 24.3 Å². The first-order chi connectivity index (χ1) is 15.9. The molecule has 3 N–H and O–H groups in total. The van der Waals surface area contributed by atoms with Crippen LogP contribution in [0.2, 0.25) is 0 Å². The van der Waals surface area contributed by atoms with Gasteiger partial charge in [-0.2, -0.15) is 0 Å². The number of aliphatic hydroxyl groups is 2. The Labute approximate surface area is 195 Å². The fraction of sp³-hybridized carbons (Fsp3) is 0.385. The molecule has 172 valence electrons. The molecular formula is C26H26FNO4S. The number of aryl methyl sites for hydroxylation is 2. The highest BCUT2D eigenvalue weighted by atomic mass is 32.1. The number of pyridine rings is 1. The van der Waals surface area contributed by atoms with Gasteiger partial charge in [-0.25, -0.2) is 9.37 Å². The largest absolute Gasteiger partial charge is 0.481 e. The number of carboxylic acid groups (broad SMARTS) is 1. The van der Waals surface area contributed by atoms with Gasteiger partial charge in [-0.15, -0.1) is 11.3 Å². The zero-order valence-corrected chi connectivity index (χ0v) is 18.9. The van der Waals surface area contributed by atoms with Gasteiger partial charge in [-0.3, -0.25) is 4.79 Å². The molecule has 5 nitrogen and oxygen atoms in total. The summed E-state index contributed by atoms with van der Waals surface area (Å²) < 4.78 is 13.7. The molecule has 5 rings (SSSR count). The lowest BCUT2D eigenvalue weighted by Gasteiger charge is -2.16. The highest BCUT2D eigenvalue weighted by Gasteiger charge is 2.32. The van der Waals surface area contributed by atoms with Crippen molar-refractivity contribution in [2.24, 2.45) is 0 Å². The summed E-state index contributed by atoms with van der Waals surface area (Å²) in [5.41, 5.74) is 5.19. The Morgan fingerprint density at radius 2 is 1.97 bits per heavy atom. The number of thiophene rings is 1. The maximum absolute atomic E-state index is 13.7. The normalized spacial score (nSPS) is 17.5. The van der Waals surface area contributed by atoms with Crippen LogP contribution >= 0.6 is 11.3 Å². The summed E-state index contributed by atoms with van der Waals surface area (Å²) in [7, 11) is 0. The second-order valence-electron chi connectivity index (χ2n) is 9.02. The summed E-state index contributed by atoms with van der Waals surface area (Å²) in [6.45, 7) is 0. The number of benzene rings is 1. The van der Waals surface area contributed by atoms with E-state index in [1.54, 1.807) is 29.5 Å². The molecule has 2 aromatic heterocycles. The molecule has 0 saturated heterocycles. The summed E-state index contributed by atoms with van der Waals surface area (Å²) >= 11 is 1.76. The van der Waals surface area contributed by atoms with Gasteiger partial charge in [-0.05, 0) is 55.4 Å². The van der Waals surface area contributed by atoms with E-state index in [2.05, 4.69) is 0 Å². The molecule has 2 atom stereocenters. The van der Waals surface area contributed by atoms with Gasteiger partial charge in [0, 0.05) is 33.7 Å². The van der Waals surface area contributed by atoms with Crippen molar-refractivity contribution in [3.63, 3.8) is 0 Å². The number of aliphatic hydroxyl groups excluding tert-OH is 2. The van der Waals surface area contributed by atoms with E-state index in [-0.39, 0.29) is 12.2 Å².